The van der Waals surface area contributed by atoms with E-state index in [1.54, 1.807) is 24.1 Å². The van der Waals surface area contributed by atoms with Gasteiger partial charge in [-0.25, -0.2) is 0 Å². The van der Waals surface area contributed by atoms with Gasteiger partial charge in [-0.05, 0) is 19.1 Å². The van der Waals surface area contributed by atoms with E-state index in [9.17, 15) is 9.90 Å². The summed E-state index contributed by atoms with van der Waals surface area (Å²) in [5.41, 5.74) is 0. The largest absolute Gasteiger partial charge is 0.467 e. The van der Waals surface area contributed by atoms with Crippen molar-refractivity contribution in [1.29, 1.82) is 0 Å². The van der Waals surface area contributed by atoms with Crippen molar-refractivity contribution in [2.24, 2.45) is 0 Å². The highest BCUT2D eigenvalue weighted by molar-refractivity contribution is 5.77. The van der Waals surface area contributed by atoms with Gasteiger partial charge in [0.1, 0.15) is 11.9 Å². The van der Waals surface area contributed by atoms with Crippen LogP contribution in [0, 0.1) is 0 Å². The van der Waals surface area contributed by atoms with Crippen molar-refractivity contribution < 1.29 is 14.3 Å². The minimum atomic E-state index is -0.713. The van der Waals surface area contributed by atoms with Crippen LogP contribution in [0.3, 0.4) is 0 Å². The van der Waals surface area contributed by atoms with Gasteiger partial charge >= 0.3 is 0 Å². The number of carbonyl (C=O) groups excluding carboxylic acids is 1. The van der Waals surface area contributed by atoms with Crippen molar-refractivity contribution in [2.45, 2.75) is 13.0 Å². The van der Waals surface area contributed by atoms with E-state index in [1.165, 1.54) is 6.26 Å². The highest BCUT2D eigenvalue weighted by atomic mass is 16.4. The molecule has 0 fully saturated rings. The van der Waals surface area contributed by atoms with Crippen LogP contribution in [0.25, 0.3) is 0 Å². The number of nitrogens with zero attached hydrogens (tertiary/aromatic N) is 1. The Morgan fingerprint density at radius 3 is 3.00 bits per heavy atom. The van der Waals surface area contributed by atoms with Crippen LogP contribution in [0.1, 0.15) is 18.8 Å². The Hall–Kier alpha value is -1.33. The highest BCUT2D eigenvalue weighted by Crippen LogP contribution is 2.11. The molecular formula is C11H18N2O3. The zero-order chi connectivity index (χ0) is 12.0. The molecule has 5 heteroatoms. The van der Waals surface area contributed by atoms with Gasteiger partial charge in [0.15, 0.2) is 0 Å². The first kappa shape index (κ1) is 12.7. The molecule has 1 amide bonds. The second-order valence-electron chi connectivity index (χ2n) is 3.57. The third-order valence-electron chi connectivity index (χ3n) is 2.39. The zero-order valence-corrected chi connectivity index (χ0v) is 9.64. The number of furan rings is 1. The van der Waals surface area contributed by atoms with E-state index in [0.29, 0.717) is 18.8 Å². The van der Waals surface area contributed by atoms with Crippen LogP contribution in [0.15, 0.2) is 22.8 Å². The number of carbonyl (C=O) groups is 1. The maximum atomic E-state index is 11.4. The lowest BCUT2D eigenvalue weighted by molar-refractivity contribution is -0.128. The van der Waals surface area contributed by atoms with Crippen molar-refractivity contribution >= 4 is 5.91 Å². The fourth-order valence-corrected chi connectivity index (χ4v) is 1.21. The normalized spacial score (nSPS) is 12.4. The molecule has 1 unspecified atom stereocenters. The number of hydrogen-bond acceptors (Lipinski definition) is 4. The molecule has 0 aliphatic carbocycles. The van der Waals surface area contributed by atoms with E-state index >= 15 is 0 Å². The Bertz CT molecular complexity index is 311. The molecule has 1 aromatic rings. The predicted molar refractivity (Wildman–Crippen MR) is 59.8 cm³/mol. The Balaban J connectivity index is 2.23. The Labute approximate surface area is 95.0 Å². The van der Waals surface area contributed by atoms with Gasteiger partial charge in [0.25, 0.3) is 0 Å². The van der Waals surface area contributed by atoms with E-state index in [2.05, 4.69) is 5.32 Å². The molecule has 1 atom stereocenters. The molecule has 16 heavy (non-hydrogen) atoms. The lowest BCUT2D eigenvalue weighted by Crippen LogP contribution is -2.36. The first-order valence-corrected chi connectivity index (χ1v) is 5.31. The molecule has 0 saturated heterocycles. The molecule has 0 bridgehead atoms. The van der Waals surface area contributed by atoms with E-state index in [4.69, 9.17) is 4.42 Å². The fraction of sp³-hybridized carbons (Fsp3) is 0.545. The Morgan fingerprint density at radius 1 is 1.69 bits per heavy atom. The molecule has 0 aliphatic heterocycles. The SMILES string of the molecule is CCN(C)C(=O)CNCC(O)c1ccco1. The van der Waals surface area contributed by atoms with Crippen LogP contribution >= 0.6 is 0 Å². The summed E-state index contributed by atoms with van der Waals surface area (Å²) < 4.78 is 5.04. The van der Waals surface area contributed by atoms with E-state index in [-0.39, 0.29) is 12.5 Å². The van der Waals surface area contributed by atoms with Crippen molar-refractivity contribution in [3.8, 4) is 0 Å². The first-order valence-electron chi connectivity index (χ1n) is 5.31. The Morgan fingerprint density at radius 2 is 2.44 bits per heavy atom. The van der Waals surface area contributed by atoms with Crippen molar-refractivity contribution in [2.75, 3.05) is 26.7 Å². The van der Waals surface area contributed by atoms with E-state index < -0.39 is 6.10 Å². The maximum absolute atomic E-state index is 11.4. The molecule has 90 valence electrons. The fourth-order valence-electron chi connectivity index (χ4n) is 1.21. The second kappa shape index (κ2) is 6.30. The van der Waals surface area contributed by atoms with Gasteiger partial charge in [-0.3, -0.25) is 4.79 Å². The molecule has 1 rings (SSSR count). The number of aliphatic hydroxyl groups is 1. The topological polar surface area (TPSA) is 65.7 Å². The molecular weight excluding hydrogens is 208 g/mol. The van der Waals surface area contributed by atoms with Crippen LogP contribution in [-0.4, -0.2) is 42.6 Å². The van der Waals surface area contributed by atoms with Crippen LogP contribution in [0.4, 0.5) is 0 Å². The quantitative estimate of drug-likeness (QED) is 0.736. The lowest BCUT2D eigenvalue weighted by Gasteiger charge is -2.15. The van der Waals surface area contributed by atoms with Crippen LogP contribution < -0.4 is 5.32 Å². The van der Waals surface area contributed by atoms with Gasteiger partial charge in [-0.15, -0.1) is 0 Å². The van der Waals surface area contributed by atoms with Gasteiger partial charge in [-0.1, -0.05) is 0 Å². The van der Waals surface area contributed by atoms with E-state index in [0.717, 1.165) is 0 Å². The molecule has 0 aliphatic rings. The molecule has 1 aromatic heterocycles. The lowest BCUT2D eigenvalue weighted by atomic mass is 10.3. The van der Waals surface area contributed by atoms with Gasteiger partial charge < -0.3 is 19.7 Å². The van der Waals surface area contributed by atoms with Gasteiger partial charge in [0.05, 0.1) is 12.8 Å². The third kappa shape index (κ3) is 3.67. The number of rotatable bonds is 6. The second-order valence-corrected chi connectivity index (χ2v) is 3.57. The molecule has 0 aromatic carbocycles. The smallest absolute Gasteiger partial charge is 0.236 e. The summed E-state index contributed by atoms with van der Waals surface area (Å²) in [5.74, 6) is 0.512. The van der Waals surface area contributed by atoms with Crippen LogP contribution in [0.2, 0.25) is 0 Å². The molecule has 0 saturated carbocycles. The summed E-state index contributed by atoms with van der Waals surface area (Å²) in [6.45, 7) is 3.12. The summed E-state index contributed by atoms with van der Waals surface area (Å²) >= 11 is 0. The first-order chi connectivity index (χ1) is 7.65. The summed E-state index contributed by atoms with van der Waals surface area (Å²) in [6.07, 6.45) is 0.795. The monoisotopic (exact) mass is 226 g/mol. The van der Waals surface area contributed by atoms with Gasteiger partial charge in [0, 0.05) is 20.1 Å². The summed E-state index contributed by atoms with van der Waals surface area (Å²) in [7, 11) is 1.74. The number of aliphatic hydroxyl groups excluding tert-OH is 1. The molecule has 5 nitrogen and oxygen atoms in total. The average molecular weight is 226 g/mol. The summed E-state index contributed by atoms with van der Waals surface area (Å²) in [4.78, 5) is 13.0. The molecule has 2 N–H and O–H groups in total. The molecule has 0 radical (unpaired) electrons. The highest BCUT2D eigenvalue weighted by Gasteiger charge is 2.11. The number of likely N-dealkylation sites (N-methyl/N-ethyl adjacent to an activating group) is 1. The van der Waals surface area contributed by atoms with Crippen molar-refractivity contribution in [3.05, 3.63) is 24.2 Å². The molecule has 0 spiro atoms. The zero-order valence-electron chi connectivity index (χ0n) is 9.64. The van der Waals surface area contributed by atoms with Gasteiger partial charge in [0.2, 0.25) is 5.91 Å². The van der Waals surface area contributed by atoms with Gasteiger partial charge in [-0.2, -0.15) is 0 Å². The van der Waals surface area contributed by atoms with E-state index in [1.807, 2.05) is 6.92 Å². The summed E-state index contributed by atoms with van der Waals surface area (Å²) in [5, 5.41) is 12.5. The average Bonchev–Trinajstić information content (AvgIpc) is 2.81. The van der Waals surface area contributed by atoms with Crippen LogP contribution in [0.5, 0.6) is 0 Å². The minimum Gasteiger partial charge on any atom is -0.467 e. The Kier molecular flexibility index (Phi) is 5.01. The van der Waals surface area contributed by atoms with Crippen molar-refractivity contribution in [3.63, 3.8) is 0 Å². The number of nitrogens with one attached hydrogen (secondary N) is 1. The summed E-state index contributed by atoms with van der Waals surface area (Å²) in [6, 6.07) is 3.42. The van der Waals surface area contributed by atoms with Crippen LogP contribution in [-0.2, 0) is 4.79 Å². The number of hydrogen-bond donors (Lipinski definition) is 2. The standard InChI is InChI=1S/C11H18N2O3/c1-3-13(2)11(15)8-12-7-9(14)10-5-4-6-16-10/h4-6,9,12,14H,3,7-8H2,1-2H3. The maximum Gasteiger partial charge on any atom is 0.236 e. The predicted octanol–water partition coefficient (Wildman–Crippen LogP) is 0.381. The minimum absolute atomic E-state index is 0.00847. The number of amides is 1. The third-order valence-corrected chi connectivity index (χ3v) is 2.39. The molecule has 1 heterocycles. The van der Waals surface area contributed by atoms with Crippen molar-refractivity contribution in [1.82, 2.24) is 10.2 Å².